The van der Waals surface area contributed by atoms with E-state index in [0.29, 0.717) is 6.42 Å². The van der Waals surface area contributed by atoms with Gasteiger partial charge in [0.15, 0.2) is 5.75 Å². The molecule has 0 aliphatic heterocycles. The first-order chi connectivity index (χ1) is 10.4. The van der Waals surface area contributed by atoms with Gasteiger partial charge in [-0.05, 0) is 78.3 Å². The van der Waals surface area contributed by atoms with Gasteiger partial charge in [0.25, 0.3) is 0 Å². The lowest BCUT2D eigenvalue weighted by atomic mass is 9.90. The molecule has 4 nitrogen and oxygen atoms in total. The molecule has 1 atom stereocenters. The molecule has 2 aromatic carbocycles. The Labute approximate surface area is 128 Å². The molecule has 114 valence electrons. The third-order valence-corrected chi connectivity index (χ3v) is 4.61. The Bertz CT molecular complexity index is 827. The highest BCUT2D eigenvalue weighted by Gasteiger charge is 2.23. The fourth-order valence-electron chi connectivity index (χ4n) is 3.17. The highest BCUT2D eigenvalue weighted by Crippen LogP contribution is 2.41. The van der Waals surface area contributed by atoms with Gasteiger partial charge in [-0.3, -0.25) is 4.79 Å². The summed E-state index contributed by atoms with van der Waals surface area (Å²) in [6.07, 6.45) is 1.43. The van der Waals surface area contributed by atoms with E-state index in [-0.39, 0.29) is 17.5 Å². The summed E-state index contributed by atoms with van der Waals surface area (Å²) < 4.78 is 0. The Hall–Kier alpha value is -2.33. The topological polar surface area (TPSA) is 83.5 Å². The lowest BCUT2D eigenvalue weighted by Crippen LogP contribution is -2.11. The maximum Gasteiger partial charge on any atom is 0.220 e. The first kappa shape index (κ1) is 14.6. The van der Waals surface area contributed by atoms with Crippen molar-refractivity contribution >= 4 is 0 Å². The number of fused-ring (bicyclic) bond motifs is 3. The summed E-state index contributed by atoms with van der Waals surface area (Å²) in [5.41, 5.74) is 11.2. The lowest BCUT2D eigenvalue weighted by molar-refractivity contribution is 0.469. The van der Waals surface area contributed by atoms with E-state index in [0.717, 1.165) is 39.8 Å². The van der Waals surface area contributed by atoms with Gasteiger partial charge < -0.3 is 15.9 Å². The molecule has 0 saturated carbocycles. The molecule has 0 bridgehead atoms. The van der Waals surface area contributed by atoms with E-state index < -0.39 is 5.43 Å². The van der Waals surface area contributed by atoms with Crippen LogP contribution in [-0.4, -0.2) is 10.2 Å². The second-order valence-electron chi connectivity index (χ2n) is 5.92. The molecule has 2 aromatic rings. The molecule has 22 heavy (non-hydrogen) atoms. The van der Waals surface area contributed by atoms with Gasteiger partial charge in [0.2, 0.25) is 5.43 Å². The summed E-state index contributed by atoms with van der Waals surface area (Å²) in [6, 6.07) is 6.12. The summed E-state index contributed by atoms with van der Waals surface area (Å²) in [5.74, 6) is -0.00378. The molecule has 1 aliphatic carbocycles. The van der Waals surface area contributed by atoms with Crippen molar-refractivity contribution in [1.29, 1.82) is 0 Å². The van der Waals surface area contributed by atoms with Crippen molar-refractivity contribution in [3.05, 3.63) is 56.7 Å². The van der Waals surface area contributed by atoms with Crippen LogP contribution in [0.15, 0.2) is 29.1 Å². The van der Waals surface area contributed by atoms with Crippen molar-refractivity contribution in [2.75, 3.05) is 0 Å². The zero-order valence-electron chi connectivity index (χ0n) is 12.7. The third kappa shape index (κ3) is 2.16. The first-order valence-corrected chi connectivity index (χ1v) is 7.35. The second kappa shape index (κ2) is 5.14. The van der Waals surface area contributed by atoms with Gasteiger partial charge in [-0.15, -0.1) is 0 Å². The zero-order valence-corrected chi connectivity index (χ0v) is 12.7. The molecule has 0 aromatic heterocycles. The quantitative estimate of drug-likeness (QED) is 0.698. The number of rotatable bonds is 0. The number of nitrogens with two attached hydrogens (primary N) is 1. The highest BCUT2D eigenvalue weighted by atomic mass is 16.3. The standard InChI is InChI=1S/C18H19NO3/c1-9-10(2)18-11(7-16(9)21)3-5-14(19)13-8-17(22)15(20)6-4-12(13)18/h4,6-8,14,21H,3,5,19H2,1-2H3,(H,20,22). The molecule has 0 fully saturated rings. The average Bonchev–Trinajstić information content (AvgIpc) is 2.70. The predicted molar refractivity (Wildman–Crippen MR) is 86.2 cm³/mol. The number of phenols is 1. The summed E-state index contributed by atoms with van der Waals surface area (Å²) in [7, 11) is 0. The van der Waals surface area contributed by atoms with Gasteiger partial charge in [-0.2, -0.15) is 0 Å². The van der Waals surface area contributed by atoms with Crippen LogP contribution >= 0.6 is 0 Å². The van der Waals surface area contributed by atoms with Crippen LogP contribution in [0.3, 0.4) is 0 Å². The van der Waals surface area contributed by atoms with Gasteiger partial charge in [0, 0.05) is 6.04 Å². The van der Waals surface area contributed by atoms with Crippen LogP contribution < -0.4 is 11.2 Å². The highest BCUT2D eigenvalue weighted by molar-refractivity contribution is 5.77. The van der Waals surface area contributed by atoms with E-state index in [1.165, 1.54) is 12.1 Å². The molecule has 4 heteroatoms. The van der Waals surface area contributed by atoms with Crippen LogP contribution in [-0.2, 0) is 6.42 Å². The number of benzene rings is 1. The van der Waals surface area contributed by atoms with Crippen LogP contribution in [0.25, 0.3) is 11.1 Å². The summed E-state index contributed by atoms with van der Waals surface area (Å²) in [4.78, 5) is 11.9. The smallest absolute Gasteiger partial charge is 0.220 e. The minimum Gasteiger partial charge on any atom is -0.508 e. The summed E-state index contributed by atoms with van der Waals surface area (Å²) >= 11 is 0. The van der Waals surface area contributed by atoms with E-state index in [9.17, 15) is 15.0 Å². The molecule has 1 aliphatic rings. The maximum absolute atomic E-state index is 11.9. The SMILES string of the molecule is Cc1c(O)cc2c(c1C)-c1ccc(O)c(=O)cc1C(N)CC2. The number of hydrogen-bond donors (Lipinski definition) is 3. The minimum absolute atomic E-state index is 0.274. The van der Waals surface area contributed by atoms with Crippen molar-refractivity contribution in [3.63, 3.8) is 0 Å². The van der Waals surface area contributed by atoms with Crippen molar-refractivity contribution in [2.45, 2.75) is 32.7 Å². The number of phenolic OH excluding ortho intramolecular Hbond substituents is 1. The molecule has 0 radical (unpaired) electrons. The van der Waals surface area contributed by atoms with Crippen molar-refractivity contribution in [2.24, 2.45) is 5.73 Å². The van der Waals surface area contributed by atoms with Crippen LogP contribution in [0, 0.1) is 13.8 Å². The summed E-state index contributed by atoms with van der Waals surface area (Å²) in [5, 5.41) is 19.8. The van der Waals surface area contributed by atoms with E-state index in [1.807, 2.05) is 13.8 Å². The second-order valence-corrected chi connectivity index (χ2v) is 5.92. The largest absolute Gasteiger partial charge is 0.508 e. The average molecular weight is 297 g/mol. The number of aromatic hydroxyl groups is 2. The van der Waals surface area contributed by atoms with Crippen molar-refractivity contribution in [3.8, 4) is 22.6 Å². The van der Waals surface area contributed by atoms with Crippen LogP contribution in [0.1, 0.15) is 34.7 Å². The van der Waals surface area contributed by atoms with Gasteiger partial charge in [0.05, 0.1) is 0 Å². The fraction of sp³-hybridized carbons (Fsp3) is 0.278. The monoisotopic (exact) mass is 297 g/mol. The van der Waals surface area contributed by atoms with Crippen molar-refractivity contribution in [1.82, 2.24) is 0 Å². The van der Waals surface area contributed by atoms with E-state index in [2.05, 4.69) is 0 Å². The first-order valence-electron chi connectivity index (χ1n) is 7.35. The van der Waals surface area contributed by atoms with Gasteiger partial charge in [0.1, 0.15) is 5.75 Å². The van der Waals surface area contributed by atoms with Crippen LogP contribution in [0.5, 0.6) is 11.5 Å². The van der Waals surface area contributed by atoms with Gasteiger partial charge in [-0.1, -0.05) is 6.07 Å². The Kier molecular flexibility index (Phi) is 3.41. The van der Waals surface area contributed by atoms with E-state index in [1.54, 1.807) is 12.1 Å². The molecule has 0 amide bonds. The van der Waals surface area contributed by atoms with Crippen LogP contribution in [0.2, 0.25) is 0 Å². The van der Waals surface area contributed by atoms with E-state index >= 15 is 0 Å². The molecule has 4 N–H and O–H groups in total. The van der Waals surface area contributed by atoms with Gasteiger partial charge in [-0.25, -0.2) is 0 Å². The Morgan fingerprint density at radius 1 is 1.09 bits per heavy atom. The summed E-state index contributed by atoms with van der Waals surface area (Å²) in [6.45, 7) is 3.83. The normalized spacial score (nSPS) is 16.6. The molecule has 0 saturated heterocycles. The fourth-order valence-corrected chi connectivity index (χ4v) is 3.17. The van der Waals surface area contributed by atoms with Gasteiger partial charge >= 0.3 is 0 Å². The Morgan fingerprint density at radius 3 is 2.55 bits per heavy atom. The maximum atomic E-state index is 11.9. The van der Waals surface area contributed by atoms with Crippen molar-refractivity contribution < 1.29 is 10.2 Å². The molecule has 1 unspecified atom stereocenters. The Balaban J connectivity index is 2.45. The minimum atomic E-state index is -0.423. The predicted octanol–water partition coefficient (Wildman–Crippen LogP) is 2.69. The number of aryl methyl sites for hydroxylation is 1. The lowest BCUT2D eigenvalue weighted by Gasteiger charge is -2.15. The molecule has 0 heterocycles. The molecular formula is C18H19NO3. The van der Waals surface area contributed by atoms with Crippen LogP contribution in [0.4, 0.5) is 0 Å². The Morgan fingerprint density at radius 2 is 1.82 bits per heavy atom. The number of hydrogen-bond acceptors (Lipinski definition) is 4. The molecule has 0 spiro atoms. The van der Waals surface area contributed by atoms with E-state index in [4.69, 9.17) is 5.73 Å². The third-order valence-electron chi connectivity index (χ3n) is 4.61. The zero-order chi connectivity index (χ0) is 16.0. The molecule has 3 rings (SSSR count). The molecular weight excluding hydrogens is 278 g/mol.